The zero-order valence-electron chi connectivity index (χ0n) is 14.5. The molecule has 1 aliphatic heterocycles. The Morgan fingerprint density at radius 2 is 1.88 bits per heavy atom. The van der Waals surface area contributed by atoms with Gasteiger partial charge in [0, 0.05) is 30.7 Å². The minimum atomic E-state index is -0.112. The van der Waals surface area contributed by atoms with Gasteiger partial charge in [-0.1, -0.05) is 24.3 Å². The van der Waals surface area contributed by atoms with Crippen molar-refractivity contribution < 1.29 is 9.84 Å². The van der Waals surface area contributed by atoms with Crippen LogP contribution in [0, 0.1) is 5.41 Å². The number of aryl methyl sites for hydroxylation is 2. The SMILES string of the molecule is OCC1(CNc2cc3c(nn2)-c2ccccc2CCC3)CCOCC1. The molecule has 132 valence electrons. The van der Waals surface area contributed by atoms with Crippen molar-refractivity contribution in [3.05, 3.63) is 41.5 Å². The van der Waals surface area contributed by atoms with Crippen molar-refractivity contribution in [1.29, 1.82) is 0 Å². The van der Waals surface area contributed by atoms with Crippen LogP contribution in [-0.4, -0.2) is 41.7 Å². The van der Waals surface area contributed by atoms with Crippen LogP contribution in [0.25, 0.3) is 11.3 Å². The molecule has 1 aromatic heterocycles. The molecule has 0 unspecified atom stereocenters. The van der Waals surface area contributed by atoms with E-state index < -0.39 is 0 Å². The molecule has 1 aromatic carbocycles. The van der Waals surface area contributed by atoms with Gasteiger partial charge in [-0.05, 0) is 49.3 Å². The number of hydrogen-bond acceptors (Lipinski definition) is 5. The Labute approximate surface area is 148 Å². The van der Waals surface area contributed by atoms with Crippen molar-refractivity contribution in [3.63, 3.8) is 0 Å². The van der Waals surface area contributed by atoms with Gasteiger partial charge in [0.15, 0.2) is 0 Å². The van der Waals surface area contributed by atoms with Crippen molar-refractivity contribution in [1.82, 2.24) is 10.2 Å². The van der Waals surface area contributed by atoms with Crippen LogP contribution in [0.15, 0.2) is 30.3 Å². The van der Waals surface area contributed by atoms with E-state index in [4.69, 9.17) is 4.74 Å². The summed E-state index contributed by atoms with van der Waals surface area (Å²) in [7, 11) is 0. The fourth-order valence-corrected chi connectivity index (χ4v) is 3.85. The van der Waals surface area contributed by atoms with Crippen molar-refractivity contribution in [2.45, 2.75) is 32.1 Å². The molecule has 0 atom stereocenters. The van der Waals surface area contributed by atoms with Crippen molar-refractivity contribution in [2.75, 3.05) is 31.7 Å². The summed E-state index contributed by atoms with van der Waals surface area (Å²) in [5.41, 5.74) is 4.73. The van der Waals surface area contributed by atoms with Gasteiger partial charge in [-0.15, -0.1) is 10.2 Å². The Kier molecular flexibility index (Phi) is 4.68. The van der Waals surface area contributed by atoms with E-state index in [0.29, 0.717) is 6.54 Å². The molecule has 2 heterocycles. The van der Waals surface area contributed by atoms with E-state index in [2.05, 4.69) is 45.8 Å². The number of ether oxygens (including phenoxy) is 1. The van der Waals surface area contributed by atoms with E-state index >= 15 is 0 Å². The third-order valence-corrected chi connectivity index (χ3v) is 5.57. The maximum atomic E-state index is 9.83. The largest absolute Gasteiger partial charge is 0.396 e. The van der Waals surface area contributed by atoms with Gasteiger partial charge >= 0.3 is 0 Å². The standard InChI is InChI=1S/C20H25N3O2/c24-14-20(8-10-25-11-9-20)13-21-18-12-16-6-3-5-15-4-1-2-7-17(15)19(16)23-22-18/h1-2,4,7,12,24H,3,5-6,8-11,13-14H2,(H,21,22). The Bertz CT molecular complexity index is 741. The van der Waals surface area contributed by atoms with E-state index in [0.717, 1.165) is 56.8 Å². The maximum Gasteiger partial charge on any atom is 0.148 e. The number of aliphatic hydroxyl groups is 1. The predicted molar refractivity (Wildman–Crippen MR) is 97.6 cm³/mol. The highest BCUT2D eigenvalue weighted by molar-refractivity contribution is 5.68. The van der Waals surface area contributed by atoms with Crippen LogP contribution in [0.5, 0.6) is 0 Å². The minimum absolute atomic E-state index is 0.112. The van der Waals surface area contributed by atoms with Crippen LogP contribution < -0.4 is 5.32 Å². The van der Waals surface area contributed by atoms with Gasteiger partial charge in [-0.2, -0.15) is 0 Å². The molecule has 4 rings (SSSR count). The Morgan fingerprint density at radius 3 is 2.72 bits per heavy atom. The predicted octanol–water partition coefficient (Wildman–Crippen LogP) is 2.83. The number of anilines is 1. The maximum absolute atomic E-state index is 9.83. The van der Waals surface area contributed by atoms with E-state index in [1.54, 1.807) is 0 Å². The molecule has 5 heteroatoms. The lowest BCUT2D eigenvalue weighted by Crippen LogP contribution is -2.39. The average molecular weight is 339 g/mol. The summed E-state index contributed by atoms with van der Waals surface area (Å²) in [6, 6.07) is 10.6. The highest BCUT2D eigenvalue weighted by Gasteiger charge is 2.32. The second-order valence-corrected chi connectivity index (χ2v) is 7.24. The van der Waals surface area contributed by atoms with Crippen LogP contribution in [0.1, 0.15) is 30.4 Å². The number of nitrogens with one attached hydrogen (secondary N) is 1. The molecule has 0 bridgehead atoms. The third-order valence-electron chi connectivity index (χ3n) is 5.57. The fourth-order valence-electron chi connectivity index (χ4n) is 3.85. The summed E-state index contributed by atoms with van der Waals surface area (Å²) in [5, 5.41) is 22.2. The quantitative estimate of drug-likeness (QED) is 0.896. The Hall–Kier alpha value is -1.98. The average Bonchev–Trinajstić information content (AvgIpc) is 2.86. The van der Waals surface area contributed by atoms with Crippen LogP contribution >= 0.6 is 0 Å². The van der Waals surface area contributed by atoms with Crippen molar-refractivity contribution in [3.8, 4) is 11.3 Å². The first kappa shape index (κ1) is 16.5. The monoisotopic (exact) mass is 339 g/mol. The number of hydrogen-bond donors (Lipinski definition) is 2. The highest BCUT2D eigenvalue weighted by Crippen LogP contribution is 2.33. The van der Waals surface area contributed by atoms with Crippen LogP contribution in [0.2, 0.25) is 0 Å². The first-order chi connectivity index (χ1) is 12.3. The molecular formula is C20H25N3O2. The molecular weight excluding hydrogens is 314 g/mol. The lowest BCUT2D eigenvalue weighted by molar-refractivity contribution is -0.00862. The highest BCUT2D eigenvalue weighted by atomic mass is 16.5. The first-order valence-electron chi connectivity index (χ1n) is 9.17. The fraction of sp³-hybridized carbons (Fsp3) is 0.500. The molecule has 2 aliphatic rings. The normalized spacial score (nSPS) is 18.8. The molecule has 1 aliphatic carbocycles. The van der Waals surface area contributed by atoms with Gasteiger partial charge in [0.2, 0.25) is 0 Å². The summed E-state index contributed by atoms with van der Waals surface area (Å²) in [6.45, 7) is 2.32. The van der Waals surface area contributed by atoms with E-state index in [1.807, 2.05) is 0 Å². The second kappa shape index (κ2) is 7.10. The zero-order valence-corrected chi connectivity index (χ0v) is 14.5. The Morgan fingerprint density at radius 1 is 1.08 bits per heavy atom. The molecule has 2 N–H and O–H groups in total. The summed E-state index contributed by atoms with van der Waals surface area (Å²) < 4.78 is 5.43. The molecule has 0 saturated carbocycles. The molecule has 0 amide bonds. The van der Waals surface area contributed by atoms with Gasteiger partial charge in [-0.25, -0.2) is 0 Å². The molecule has 0 spiro atoms. The Balaban J connectivity index is 1.55. The van der Waals surface area contributed by atoms with Gasteiger partial charge in [0.05, 0.1) is 12.3 Å². The molecule has 1 saturated heterocycles. The molecule has 25 heavy (non-hydrogen) atoms. The molecule has 1 fully saturated rings. The third kappa shape index (κ3) is 3.39. The molecule has 0 radical (unpaired) electrons. The first-order valence-corrected chi connectivity index (χ1v) is 9.17. The van der Waals surface area contributed by atoms with Gasteiger partial charge in [0.25, 0.3) is 0 Å². The lowest BCUT2D eigenvalue weighted by Gasteiger charge is -2.35. The number of aliphatic hydroxyl groups excluding tert-OH is 1. The van der Waals surface area contributed by atoms with Gasteiger partial charge < -0.3 is 15.2 Å². The summed E-state index contributed by atoms with van der Waals surface area (Å²) >= 11 is 0. The number of aromatic nitrogens is 2. The van der Waals surface area contributed by atoms with E-state index in [1.165, 1.54) is 16.7 Å². The van der Waals surface area contributed by atoms with Crippen LogP contribution in [0.4, 0.5) is 5.82 Å². The summed E-state index contributed by atoms with van der Waals surface area (Å²) in [5.74, 6) is 0.803. The lowest BCUT2D eigenvalue weighted by atomic mass is 9.81. The van der Waals surface area contributed by atoms with Gasteiger partial charge in [0.1, 0.15) is 5.82 Å². The number of benzene rings is 1. The number of nitrogens with zero attached hydrogens (tertiary/aromatic N) is 2. The number of fused-ring (bicyclic) bond motifs is 3. The second-order valence-electron chi connectivity index (χ2n) is 7.24. The topological polar surface area (TPSA) is 67.3 Å². The van der Waals surface area contributed by atoms with Crippen molar-refractivity contribution >= 4 is 5.82 Å². The smallest absolute Gasteiger partial charge is 0.148 e. The van der Waals surface area contributed by atoms with E-state index in [9.17, 15) is 5.11 Å². The minimum Gasteiger partial charge on any atom is -0.396 e. The number of rotatable bonds is 4. The summed E-state index contributed by atoms with van der Waals surface area (Å²) in [6.07, 6.45) is 4.99. The van der Waals surface area contributed by atoms with Crippen LogP contribution in [0.3, 0.4) is 0 Å². The molecule has 5 nitrogen and oxygen atoms in total. The molecule has 2 aromatic rings. The van der Waals surface area contributed by atoms with Crippen molar-refractivity contribution in [2.24, 2.45) is 5.41 Å². The zero-order chi connectivity index (χ0) is 17.1. The van der Waals surface area contributed by atoms with Crippen LogP contribution in [-0.2, 0) is 17.6 Å². The summed E-state index contributed by atoms with van der Waals surface area (Å²) in [4.78, 5) is 0. The van der Waals surface area contributed by atoms with Gasteiger partial charge in [-0.3, -0.25) is 0 Å². The van der Waals surface area contributed by atoms with E-state index in [-0.39, 0.29) is 12.0 Å².